The number of nitriles is 1. The highest BCUT2D eigenvalue weighted by molar-refractivity contribution is 5.45. The van der Waals surface area contributed by atoms with E-state index in [1.54, 1.807) is 7.11 Å². The molecule has 0 saturated carbocycles. The summed E-state index contributed by atoms with van der Waals surface area (Å²) in [5.74, 6) is 0.617. The zero-order valence-corrected chi connectivity index (χ0v) is 12.0. The van der Waals surface area contributed by atoms with Crippen molar-refractivity contribution >= 4 is 0 Å². The van der Waals surface area contributed by atoms with Crippen LogP contribution < -0.4 is 10.5 Å². The van der Waals surface area contributed by atoms with Gasteiger partial charge in [0.25, 0.3) is 0 Å². The first-order chi connectivity index (χ1) is 9.63. The number of hydrogen-bond acceptors (Lipinski definition) is 5. The summed E-state index contributed by atoms with van der Waals surface area (Å²) in [4.78, 5) is 2.31. The topological polar surface area (TPSA) is 71.5 Å². The average Bonchev–Trinajstić information content (AvgIpc) is 2.47. The number of benzene rings is 1. The summed E-state index contributed by atoms with van der Waals surface area (Å²) in [6.07, 6.45) is 0.0810. The fraction of sp³-hybridized carbons (Fsp3) is 0.533. The summed E-state index contributed by atoms with van der Waals surface area (Å²) in [5, 5.41) is 9.11. The van der Waals surface area contributed by atoms with Gasteiger partial charge >= 0.3 is 0 Å². The van der Waals surface area contributed by atoms with Crippen molar-refractivity contribution in [3.8, 4) is 11.8 Å². The summed E-state index contributed by atoms with van der Waals surface area (Å²) >= 11 is 0. The summed E-state index contributed by atoms with van der Waals surface area (Å²) in [5.41, 5.74) is 7.57. The fourth-order valence-corrected chi connectivity index (χ4v) is 2.39. The Morgan fingerprint density at radius 3 is 3.05 bits per heavy atom. The summed E-state index contributed by atoms with van der Waals surface area (Å²) < 4.78 is 10.8. The van der Waals surface area contributed by atoms with E-state index in [1.165, 1.54) is 0 Å². The van der Waals surface area contributed by atoms with Crippen LogP contribution in [0.5, 0.6) is 5.75 Å². The molecule has 0 aliphatic carbocycles. The van der Waals surface area contributed by atoms with E-state index in [1.807, 2.05) is 25.1 Å². The molecule has 0 aromatic heterocycles. The minimum absolute atomic E-state index is 0.0309. The molecule has 20 heavy (non-hydrogen) atoms. The van der Waals surface area contributed by atoms with Crippen molar-refractivity contribution in [2.24, 2.45) is 5.73 Å². The van der Waals surface area contributed by atoms with Crippen LogP contribution in [0.25, 0.3) is 0 Å². The molecule has 1 aromatic rings. The van der Waals surface area contributed by atoms with Gasteiger partial charge in [0.05, 0.1) is 25.4 Å². The quantitative estimate of drug-likeness (QED) is 0.891. The normalized spacial score (nSPS) is 21.2. The van der Waals surface area contributed by atoms with Crippen LogP contribution in [0.4, 0.5) is 0 Å². The van der Waals surface area contributed by atoms with Crippen LogP contribution in [-0.2, 0) is 11.3 Å². The Labute approximate surface area is 119 Å². The van der Waals surface area contributed by atoms with Gasteiger partial charge in [-0.25, -0.2) is 0 Å². The van der Waals surface area contributed by atoms with Crippen LogP contribution in [0.2, 0.25) is 0 Å². The lowest BCUT2D eigenvalue weighted by Gasteiger charge is -2.34. The van der Waals surface area contributed by atoms with Crippen LogP contribution in [0.3, 0.4) is 0 Å². The zero-order valence-electron chi connectivity index (χ0n) is 12.0. The van der Waals surface area contributed by atoms with E-state index in [0.717, 1.165) is 25.2 Å². The molecule has 1 aliphatic rings. The molecule has 2 unspecified atom stereocenters. The highest BCUT2D eigenvalue weighted by Crippen LogP contribution is 2.20. The van der Waals surface area contributed by atoms with E-state index >= 15 is 0 Å². The molecule has 5 nitrogen and oxygen atoms in total. The molecule has 1 aromatic carbocycles. The molecular weight excluding hydrogens is 254 g/mol. The Morgan fingerprint density at radius 1 is 1.60 bits per heavy atom. The van der Waals surface area contributed by atoms with Crippen LogP contribution >= 0.6 is 0 Å². The van der Waals surface area contributed by atoms with Crippen molar-refractivity contribution in [1.82, 2.24) is 4.90 Å². The molecule has 1 aliphatic heterocycles. The van der Waals surface area contributed by atoms with Crippen LogP contribution in [0.1, 0.15) is 18.1 Å². The third kappa shape index (κ3) is 3.48. The molecule has 2 atom stereocenters. The van der Waals surface area contributed by atoms with E-state index in [2.05, 4.69) is 11.0 Å². The molecule has 0 radical (unpaired) electrons. The first-order valence-corrected chi connectivity index (χ1v) is 6.80. The minimum Gasteiger partial charge on any atom is -0.495 e. The second kappa shape index (κ2) is 6.71. The van der Waals surface area contributed by atoms with Crippen molar-refractivity contribution in [3.05, 3.63) is 29.3 Å². The van der Waals surface area contributed by atoms with Gasteiger partial charge in [-0.2, -0.15) is 5.26 Å². The zero-order chi connectivity index (χ0) is 14.5. The van der Waals surface area contributed by atoms with Gasteiger partial charge in [-0.3, -0.25) is 4.90 Å². The molecule has 1 heterocycles. The van der Waals surface area contributed by atoms with Crippen molar-refractivity contribution < 1.29 is 9.47 Å². The molecule has 108 valence electrons. The van der Waals surface area contributed by atoms with Crippen molar-refractivity contribution in [2.45, 2.75) is 25.6 Å². The van der Waals surface area contributed by atoms with Gasteiger partial charge < -0.3 is 15.2 Å². The van der Waals surface area contributed by atoms with E-state index < -0.39 is 0 Å². The standard InChI is InChI=1S/C15H21N3O2/c1-11(17)15-10-18(5-6-20-15)9-12-3-4-14(19-2)13(7-12)8-16/h3-4,7,11,15H,5-6,9-10,17H2,1-2H3. The predicted octanol–water partition coefficient (Wildman–Crippen LogP) is 1.11. The maximum absolute atomic E-state index is 9.11. The largest absolute Gasteiger partial charge is 0.495 e. The second-order valence-electron chi connectivity index (χ2n) is 5.15. The number of rotatable bonds is 4. The molecule has 5 heteroatoms. The molecule has 1 fully saturated rings. The third-order valence-corrected chi connectivity index (χ3v) is 3.55. The molecule has 2 rings (SSSR count). The highest BCUT2D eigenvalue weighted by Gasteiger charge is 2.23. The number of methoxy groups -OCH3 is 1. The maximum Gasteiger partial charge on any atom is 0.136 e. The Morgan fingerprint density at radius 2 is 2.40 bits per heavy atom. The van der Waals surface area contributed by atoms with Crippen LogP contribution in [0, 0.1) is 11.3 Å². The SMILES string of the molecule is COc1ccc(CN2CCOC(C(C)N)C2)cc1C#N. The predicted molar refractivity (Wildman–Crippen MR) is 76.4 cm³/mol. The minimum atomic E-state index is 0.0309. The van der Waals surface area contributed by atoms with E-state index in [4.69, 9.17) is 20.5 Å². The molecule has 0 bridgehead atoms. The lowest BCUT2D eigenvalue weighted by molar-refractivity contribution is -0.0403. The molecule has 2 N–H and O–H groups in total. The molecule has 1 saturated heterocycles. The monoisotopic (exact) mass is 275 g/mol. The Kier molecular flexibility index (Phi) is 4.96. The van der Waals surface area contributed by atoms with Gasteiger partial charge in [0, 0.05) is 25.7 Å². The van der Waals surface area contributed by atoms with Gasteiger partial charge in [0.2, 0.25) is 0 Å². The smallest absolute Gasteiger partial charge is 0.136 e. The van der Waals surface area contributed by atoms with Gasteiger partial charge in [-0.1, -0.05) is 6.07 Å². The van der Waals surface area contributed by atoms with Gasteiger partial charge in [0.1, 0.15) is 11.8 Å². The number of nitrogens with zero attached hydrogens (tertiary/aromatic N) is 2. The number of ether oxygens (including phenoxy) is 2. The molecule has 0 amide bonds. The van der Waals surface area contributed by atoms with Gasteiger partial charge in [-0.05, 0) is 24.6 Å². The Hall–Kier alpha value is -1.61. The molecule has 0 spiro atoms. The number of morpholine rings is 1. The van der Waals surface area contributed by atoms with Crippen LogP contribution in [0.15, 0.2) is 18.2 Å². The summed E-state index contributed by atoms with van der Waals surface area (Å²) in [6, 6.07) is 7.92. The fourth-order valence-electron chi connectivity index (χ4n) is 2.39. The van der Waals surface area contributed by atoms with Crippen molar-refractivity contribution in [3.63, 3.8) is 0 Å². The third-order valence-electron chi connectivity index (χ3n) is 3.55. The summed E-state index contributed by atoms with van der Waals surface area (Å²) in [6.45, 7) is 5.18. The summed E-state index contributed by atoms with van der Waals surface area (Å²) in [7, 11) is 1.57. The van der Waals surface area contributed by atoms with Crippen molar-refractivity contribution in [2.75, 3.05) is 26.8 Å². The number of hydrogen-bond donors (Lipinski definition) is 1. The van der Waals surface area contributed by atoms with Crippen LogP contribution in [-0.4, -0.2) is 43.9 Å². The van der Waals surface area contributed by atoms with Crippen molar-refractivity contribution in [1.29, 1.82) is 5.26 Å². The lowest BCUT2D eigenvalue weighted by atomic mass is 10.1. The highest BCUT2D eigenvalue weighted by atomic mass is 16.5. The molecular formula is C15H21N3O2. The second-order valence-corrected chi connectivity index (χ2v) is 5.15. The van der Waals surface area contributed by atoms with E-state index in [0.29, 0.717) is 17.9 Å². The van der Waals surface area contributed by atoms with E-state index in [-0.39, 0.29) is 12.1 Å². The van der Waals surface area contributed by atoms with Gasteiger partial charge in [-0.15, -0.1) is 0 Å². The first-order valence-electron chi connectivity index (χ1n) is 6.80. The maximum atomic E-state index is 9.11. The Balaban J connectivity index is 2.05. The van der Waals surface area contributed by atoms with Gasteiger partial charge in [0.15, 0.2) is 0 Å². The number of nitrogens with two attached hydrogens (primary N) is 1. The van der Waals surface area contributed by atoms with E-state index in [9.17, 15) is 0 Å². The average molecular weight is 275 g/mol. The lowest BCUT2D eigenvalue weighted by Crippen LogP contribution is -2.49. The Bertz CT molecular complexity index is 496. The first kappa shape index (κ1) is 14.8.